The molecule has 2 N–H and O–H groups in total. The van der Waals surface area contributed by atoms with Crippen LogP contribution in [0, 0.1) is 19.8 Å². The fraction of sp³-hybridized carbons (Fsp3) is 0.769. The van der Waals surface area contributed by atoms with E-state index in [1.807, 2.05) is 16.4 Å². The van der Waals surface area contributed by atoms with Gasteiger partial charge < -0.3 is 5.73 Å². The molecule has 0 unspecified atom stereocenters. The van der Waals surface area contributed by atoms with Crippen LogP contribution in [0.5, 0.6) is 0 Å². The third kappa shape index (κ3) is 3.75. The molecule has 0 spiro atoms. The lowest BCUT2D eigenvalue weighted by atomic mass is 10.1. The van der Waals surface area contributed by atoms with Gasteiger partial charge in [0, 0.05) is 18.0 Å². The molecule has 0 bridgehead atoms. The number of nitrogens with zero attached hydrogens (tertiary/aromatic N) is 2. The van der Waals surface area contributed by atoms with Crippen LogP contribution in [0.2, 0.25) is 0 Å². The van der Waals surface area contributed by atoms with E-state index in [1.54, 1.807) is 0 Å². The highest BCUT2D eigenvalue weighted by Crippen LogP contribution is 2.29. The highest BCUT2D eigenvalue weighted by Gasteiger charge is 2.13. The summed E-state index contributed by atoms with van der Waals surface area (Å²) in [4.78, 5) is 1.35. The lowest BCUT2D eigenvalue weighted by molar-refractivity contribution is 0.553. The molecule has 0 saturated heterocycles. The van der Waals surface area contributed by atoms with Gasteiger partial charge in [0.1, 0.15) is 0 Å². The molecule has 1 heterocycles. The number of hydrogen-bond donors (Lipinski definition) is 1. The van der Waals surface area contributed by atoms with Crippen LogP contribution in [0.4, 0.5) is 0 Å². The number of aryl methyl sites for hydroxylation is 1. The zero-order chi connectivity index (χ0) is 12.8. The Labute approximate surface area is 109 Å². The number of nitrogens with two attached hydrogens (primary N) is 1. The van der Waals surface area contributed by atoms with Crippen molar-refractivity contribution in [3.05, 3.63) is 11.4 Å². The van der Waals surface area contributed by atoms with Crippen LogP contribution in [-0.4, -0.2) is 22.1 Å². The van der Waals surface area contributed by atoms with Crippen LogP contribution in [0.3, 0.4) is 0 Å². The van der Waals surface area contributed by atoms with E-state index in [1.165, 1.54) is 29.2 Å². The lowest BCUT2D eigenvalue weighted by Crippen LogP contribution is -2.12. The summed E-state index contributed by atoms with van der Waals surface area (Å²) in [6, 6.07) is 0. The molecule has 0 radical (unpaired) electrons. The van der Waals surface area contributed by atoms with Crippen LogP contribution < -0.4 is 5.73 Å². The molecular weight excluding hydrogens is 230 g/mol. The van der Waals surface area contributed by atoms with Gasteiger partial charge in [0.15, 0.2) is 0 Å². The van der Waals surface area contributed by atoms with Crippen molar-refractivity contribution in [2.24, 2.45) is 11.7 Å². The van der Waals surface area contributed by atoms with Crippen LogP contribution in [0.15, 0.2) is 4.90 Å². The molecule has 17 heavy (non-hydrogen) atoms. The van der Waals surface area contributed by atoms with E-state index < -0.39 is 0 Å². The maximum atomic E-state index is 5.59. The number of aromatic nitrogens is 2. The third-order valence-electron chi connectivity index (χ3n) is 3.27. The topological polar surface area (TPSA) is 43.8 Å². The Kier molecular flexibility index (Phi) is 6.06. The van der Waals surface area contributed by atoms with E-state index in [-0.39, 0.29) is 0 Å². The smallest absolute Gasteiger partial charge is 0.0732 e. The molecule has 4 heteroatoms. The first-order chi connectivity index (χ1) is 8.13. The van der Waals surface area contributed by atoms with E-state index >= 15 is 0 Å². The van der Waals surface area contributed by atoms with Gasteiger partial charge >= 0.3 is 0 Å². The van der Waals surface area contributed by atoms with Gasteiger partial charge in [0.05, 0.1) is 17.1 Å². The van der Waals surface area contributed by atoms with Crippen molar-refractivity contribution in [3.8, 4) is 0 Å². The highest BCUT2D eigenvalue weighted by atomic mass is 32.2. The fourth-order valence-corrected chi connectivity index (χ4v) is 3.39. The van der Waals surface area contributed by atoms with E-state index in [0.717, 1.165) is 18.2 Å². The molecule has 1 rings (SSSR count). The van der Waals surface area contributed by atoms with E-state index in [4.69, 9.17) is 5.73 Å². The SMILES string of the molecule is CCC(CC)CSc1c(C)nn(CCN)c1C. The molecule has 0 atom stereocenters. The summed E-state index contributed by atoms with van der Waals surface area (Å²) in [7, 11) is 0. The van der Waals surface area contributed by atoms with E-state index in [9.17, 15) is 0 Å². The van der Waals surface area contributed by atoms with Crippen molar-refractivity contribution in [2.75, 3.05) is 12.3 Å². The molecule has 3 nitrogen and oxygen atoms in total. The van der Waals surface area contributed by atoms with Gasteiger partial charge in [0.25, 0.3) is 0 Å². The van der Waals surface area contributed by atoms with Crippen molar-refractivity contribution in [1.29, 1.82) is 0 Å². The third-order valence-corrected chi connectivity index (χ3v) is 4.79. The minimum Gasteiger partial charge on any atom is -0.329 e. The Morgan fingerprint density at radius 3 is 2.47 bits per heavy atom. The maximum absolute atomic E-state index is 5.59. The average Bonchev–Trinajstić information content (AvgIpc) is 2.58. The largest absolute Gasteiger partial charge is 0.329 e. The van der Waals surface area contributed by atoms with E-state index in [2.05, 4.69) is 32.8 Å². The van der Waals surface area contributed by atoms with Crippen LogP contribution >= 0.6 is 11.8 Å². The van der Waals surface area contributed by atoms with Gasteiger partial charge in [-0.25, -0.2) is 0 Å². The van der Waals surface area contributed by atoms with Crippen molar-refractivity contribution < 1.29 is 0 Å². The zero-order valence-electron chi connectivity index (χ0n) is 11.5. The number of hydrogen-bond acceptors (Lipinski definition) is 3. The molecule has 0 aliphatic heterocycles. The summed E-state index contributed by atoms with van der Waals surface area (Å²) < 4.78 is 2.03. The zero-order valence-corrected chi connectivity index (χ0v) is 12.3. The van der Waals surface area contributed by atoms with Crippen molar-refractivity contribution in [3.63, 3.8) is 0 Å². The van der Waals surface area contributed by atoms with Gasteiger partial charge in [-0.2, -0.15) is 5.10 Å². The normalized spacial score (nSPS) is 11.4. The monoisotopic (exact) mass is 255 g/mol. The summed E-state index contributed by atoms with van der Waals surface area (Å²) >= 11 is 1.95. The maximum Gasteiger partial charge on any atom is 0.0732 e. The van der Waals surface area contributed by atoms with Crippen LogP contribution in [0.25, 0.3) is 0 Å². The molecule has 0 saturated carbocycles. The molecule has 0 aliphatic carbocycles. The predicted octanol–water partition coefficient (Wildman–Crippen LogP) is 2.99. The average molecular weight is 255 g/mol. The highest BCUT2D eigenvalue weighted by molar-refractivity contribution is 7.99. The Morgan fingerprint density at radius 1 is 1.29 bits per heavy atom. The molecule has 0 fully saturated rings. The fourth-order valence-electron chi connectivity index (χ4n) is 1.95. The summed E-state index contributed by atoms with van der Waals surface area (Å²) in [5.74, 6) is 2.01. The standard InChI is InChI=1S/C13H25N3S/c1-5-12(6-2)9-17-13-10(3)15-16(8-7-14)11(13)4/h12H,5-9,14H2,1-4H3. The van der Waals surface area contributed by atoms with Gasteiger partial charge in [-0.15, -0.1) is 11.8 Å². The van der Waals surface area contributed by atoms with Gasteiger partial charge in [0.2, 0.25) is 0 Å². The first-order valence-electron chi connectivity index (χ1n) is 6.50. The summed E-state index contributed by atoms with van der Waals surface area (Å²) in [6.07, 6.45) is 2.52. The molecule has 1 aromatic rings. The predicted molar refractivity (Wildman–Crippen MR) is 75.6 cm³/mol. The van der Waals surface area contributed by atoms with Crippen LogP contribution in [0.1, 0.15) is 38.1 Å². The minimum atomic E-state index is 0.651. The van der Waals surface area contributed by atoms with Crippen molar-refractivity contribution >= 4 is 11.8 Å². The summed E-state index contributed by atoms with van der Waals surface area (Å²) in [6.45, 7) is 10.2. The first-order valence-corrected chi connectivity index (χ1v) is 7.49. The molecular formula is C13H25N3S. The molecule has 0 amide bonds. The Balaban J connectivity index is 2.70. The second-order valence-corrected chi connectivity index (χ2v) is 5.54. The number of thioether (sulfide) groups is 1. The molecule has 0 aromatic carbocycles. The van der Waals surface area contributed by atoms with Gasteiger partial charge in [-0.1, -0.05) is 26.7 Å². The molecule has 98 valence electrons. The second-order valence-electron chi connectivity index (χ2n) is 4.51. The summed E-state index contributed by atoms with van der Waals surface area (Å²) in [5, 5.41) is 4.55. The van der Waals surface area contributed by atoms with Gasteiger partial charge in [-0.3, -0.25) is 4.68 Å². The Hall–Kier alpha value is -0.480. The molecule has 1 aromatic heterocycles. The Bertz CT molecular complexity index is 343. The van der Waals surface area contributed by atoms with Crippen LogP contribution in [-0.2, 0) is 6.54 Å². The lowest BCUT2D eigenvalue weighted by Gasteiger charge is -2.11. The first kappa shape index (κ1) is 14.6. The Morgan fingerprint density at radius 2 is 1.94 bits per heavy atom. The summed E-state index contributed by atoms with van der Waals surface area (Å²) in [5.41, 5.74) is 8.00. The minimum absolute atomic E-state index is 0.651. The van der Waals surface area contributed by atoms with E-state index in [0.29, 0.717) is 6.54 Å². The quantitative estimate of drug-likeness (QED) is 0.762. The second kappa shape index (κ2) is 7.07. The van der Waals surface area contributed by atoms with Crippen molar-refractivity contribution in [1.82, 2.24) is 9.78 Å². The molecule has 0 aliphatic rings. The van der Waals surface area contributed by atoms with Gasteiger partial charge in [-0.05, 0) is 19.8 Å². The number of rotatable bonds is 7. The van der Waals surface area contributed by atoms with Crippen molar-refractivity contribution in [2.45, 2.75) is 52.0 Å².